The molecule has 140 valence electrons. The van der Waals surface area contributed by atoms with Crippen molar-refractivity contribution in [2.75, 3.05) is 0 Å². The van der Waals surface area contributed by atoms with Crippen molar-refractivity contribution in [1.29, 1.82) is 0 Å². The van der Waals surface area contributed by atoms with Crippen LogP contribution in [0.15, 0.2) is 60.2 Å². The number of fused-ring (bicyclic) bond motifs is 3. The van der Waals surface area contributed by atoms with Crippen molar-refractivity contribution in [3.05, 3.63) is 88.0 Å². The van der Waals surface area contributed by atoms with Crippen LogP contribution in [0, 0.1) is 13.8 Å². The highest BCUT2D eigenvalue weighted by Gasteiger charge is 2.39. The van der Waals surface area contributed by atoms with Crippen LogP contribution in [0.2, 0.25) is 0 Å². The molecule has 1 heterocycles. The number of aromatic amines is 1. The second kappa shape index (κ2) is 5.85. The Morgan fingerprint density at radius 1 is 0.857 bits per heavy atom. The first kappa shape index (κ1) is 17.3. The summed E-state index contributed by atoms with van der Waals surface area (Å²) in [6, 6.07) is 20.1. The van der Waals surface area contributed by atoms with Crippen LogP contribution < -0.4 is 0 Å². The molecular weight excluding hydrogens is 338 g/mol. The molecule has 1 aliphatic heterocycles. The highest BCUT2D eigenvalue weighted by atomic mass is 14.7. The van der Waals surface area contributed by atoms with Crippen molar-refractivity contribution < 1.29 is 0 Å². The maximum Gasteiger partial charge on any atom is 0.0491 e. The van der Waals surface area contributed by atoms with Crippen LogP contribution in [-0.2, 0) is 5.41 Å². The van der Waals surface area contributed by atoms with Crippen molar-refractivity contribution in [2.45, 2.75) is 46.0 Å². The van der Waals surface area contributed by atoms with E-state index in [2.05, 4.69) is 100 Å². The van der Waals surface area contributed by atoms with Gasteiger partial charge >= 0.3 is 0 Å². The molecule has 0 fully saturated rings. The van der Waals surface area contributed by atoms with Crippen LogP contribution in [0.5, 0.6) is 0 Å². The molecule has 1 nitrogen and oxygen atoms in total. The molecule has 0 saturated carbocycles. The molecule has 28 heavy (non-hydrogen) atoms. The van der Waals surface area contributed by atoms with Crippen LogP contribution in [-0.4, -0.2) is 4.98 Å². The highest BCUT2D eigenvalue weighted by molar-refractivity contribution is 5.92. The van der Waals surface area contributed by atoms with Crippen LogP contribution in [0.25, 0.3) is 28.2 Å². The molecular formula is C27H27N. The smallest absolute Gasteiger partial charge is 0.0491 e. The maximum absolute atomic E-state index is 3.70. The molecule has 1 heteroatoms. The molecule has 0 spiro atoms. The van der Waals surface area contributed by atoms with Crippen LogP contribution in [0.1, 0.15) is 54.5 Å². The van der Waals surface area contributed by atoms with Gasteiger partial charge in [-0.1, -0.05) is 68.0 Å². The lowest BCUT2D eigenvalue weighted by atomic mass is 9.66. The Hall–Kier alpha value is -2.80. The van der Waals surface area contributed by atoms with Gasteiger partial charge in [-0.05, 0) is 66.3 Å². The van der Waals surface area contributed by atoms with E-state index in [4.69, 9.17) is 0 Å². The van der Waals surface area contributed by atoms with Gasteiger partial charge in [-0.3, -0.25) is 0 Å². The first-order chi connectivity index (χ1) is 13.4. The van der Waals surface area contributed by atoms with E-state index in [1.807, 2.05) is 0 Å². The lowest BCUT2D eigenvalue weighted by Gasteiger charge is -2.37. The van der Waals surface area contributed by atoms with Crippen molar-refractivity contribution in [2.24, 2.45) is 0 Å². The zero-order chi connectivity index (χ0) is 19.6. The van der Waals surface area contributed by atoms with E-state index in [1.165, 1.54) is 55.6 Å². The van der Waals surface area contributed by atoms with E-state index in [9.17, 15) is 0 Å². The van der Waals surface area contributed by atoms with Gasteiger partial charge in [0.2, 0.25) is 0 Å². The molecule has 0 saturated heterocycles. The molecule has 3 aliphatic rings. The van der Waals surface area contributed by atoms with Gasteiger partial charge in [0.25, 0.3) is 0 Å². The first-order valence-corrected chi connectivity index (χ1v) is 10.2. The van der Waals surface area contributed by atoms with Gasteiger partial charge in [-0.15, -0.1) is 0 Å². The topological polar surface area (TPSA) is 15.8 Å². The highest BCUT2D eigenvalue weighted by Crippen LogP contribution is 2.51. The second-order valence-corrected chi connectivity index (χ2v) is 9.01. The summed E-state index contributed by atoms with van der Waals surface area (Å²) in [5.74, 6) is 0.392. The number of aromatic nitrogens is 1. The summed E-state index contributed by atoms with van der Waals surface area (Å²) < 4.78 is 0. The summed E-state index contributed by atoms with van der Waals surface area (Å²) in [6.07, 6.45) is 2.37. The van der Waals surface area contributed by atoms with E-state index in [-0.39, 0.29) is 5.41 Å². The Morgan fingerprint density at radius 2 is 1.64 bits per heavy atom. The second-order valence-electron chi connectivity index (χ2n) is 9.01. The van der Waals surface area contributed by atoms with E-state index in [0.29, 0.717) is 5.92 Å². The summed E-state index contributed by atoms with van der Waals surface area (Å²) in [5, 5.41) is 1.36. The summed E-state index contributed by atoms with van der Waals surface area (Å²) in [7, 11) is 0. The molecule has 1 unspecified atom stereocenters. The fraction of sp³-hybridized carbons (Fsp3) is 0.259. The fourth-order valence-electron chi connectivity index (χ4n) is 5.73. The number of nitrogens with one attached hydrogen (secondary N) is 1. The Bertz CT molecular complexity index is 1220. The average molecular weight is 366 g/mol. The van der Waals surface area contributed by atoms with Gasteiger partial charge < -0.3 is 4.98 Å². The third-order valence-electron chi connectivity index (χ3n) is 6.68. The Balaban J connectivity index is 1.82. The van der Waals surface area contributed by atoms with Gasteiger partial charge in [0.15, 0.2) is 0 Å². The largest absolute Gasteiger partial charge is 0.354 e. The minimum atomic E-state index is -0.0165. The molecule has 0 radical (unpaired) electrons. The number of pyridine rings is 1. The van der Waals surface area contributed by atoms with Crippen LogP contribution >= 0.6 is 0 Å². The number of H-pyrrole nitrogens is 1. The monoisotopic (exact) mass is 365 g/mol. The molecule has 2 aromatic carbocycles. The maximum atomic E-state index is 3.70. The predicted octanol–water partition coefficient (Wildman–Crippen LogP) is 7.37. The normalized spacial score (nSPS) is 16.6. The molecule has 2 aromatic rings. The van der Waals surface area contributed by atoms with Gasteiger partial charge in [-0.25, -0.2) is 0 Å². The lowest BCUT2D eigenvalue weighted by Crippen LogP contribution is -2.28. The molecule has 1 N–H and O–H groups in total. The number of hydrogen-bond donors (Lipinski definition) is 1. The summed E-state index contributed by atoms with van der Waals surface area (Å²) >= 11 is 0. The Morgan fingerprint density at radius 3 is 2.46 bits per heavy atom. The van der Waals surface area contributed by atoms with Crippen molar-refractivity contribution in [3.63, 3.8) is 0 Å². The zero-order valence-corrected chi connectivity index (χ0v) is 17.4. The predicted molar refractivity (Wildman–Crippen MR) is 120 cm³/mol. The van der Waals surface area contributed by atoms with Crippen LogP contribution in [0.4, 0.5) is 0 Å². The molecule has 1 atom stereocenters. The van der Waals surface area contributed by atoms with Gasteiger partial charge in [-0.2, -0.15) is 0 Å². The SMILES string of the molecule is CC1=Cc2ccccc2C1C(C)(C)c1c(C)cc(C)c2[nH]c3cccc-3cc12. The number of rotatable bonds is 2. The number of aryl methyl sites for hydroxylation is 2. The number of benzene rings is 2. The van der Waals surface area contributed by atoms with E-state index >= 15 is 0 Å². The Kier molecular flexibility index (Phi) is 3.61. The quantitative estimate of drug-likeness (QED) is 0.382. The molecule has 2 aliphatic carbocycles. The zero-order valence-electron chi connectivity index (χ0n) is 17.4. The van der Waals surface area contributed by atoms with E-state index < -0.39 is 0 Å². The molecule has 0 amide bonds. The summed E-state index contributed by atoms with van der Waals surface area (Å²) in [5.41, 5.74) is 12.2. The summed E-state index contributed by atoms with van der Waals surface area (Å²) in [6.45, 7) is 11.6. The number of hydrogen-bond acceptors (Lipinski definition) is 0. The molecule has 5 rings (SSSR count). The third-order valence-corrected chi connectivity index (χ3v) is 6.68. The Labute approximate surface area is 167 Å². The van der Waals surface area contributed by atoms with Gasteiger partial charge in [0.05, 0.1) is 0 Å². The van der Waals surface area contributed by atoms with Crippen molar-refractivity contribution in [1.82, 2.24) is 4.98 Å². The molecule has 0 aromatic heterocycles. The summed E-state index contributed by atoms with van der Waals surface area (Å²) in [4.78, 5) is 3.70. The first-order valence-electron chi connectivity index (χ1n) is 10.2. The average Bonchev–Trinajstić information content (AvgIpc) is 3.22. The lowest BCUT2D eigenvalue weighted by molar-refractivity contribution is 0.460. The minimum absolute atomic E-state index is 0.0165. The standard InChI is InChI=1S/C27H27N/c1-16-13-18(3)26-22(15-20-10-8-12-23(20)28-26)25(16)27(4,5)24-17(2)14-19-9-6-7-11-21(19)24/h6-15,24,28H,1-5H3. The van der Waals surface area contributed by atoms with Crippen LogP contribution in [0.3, 0.4) is 0 Å². The van der Waals surface area contributed by atoms with E-state index in [0.717, 1.165) is 0 Å². The fourth-order valence-corrected chi connectivity index (χ4v) is 5.73. The van der Waals surface area contributed by atoms with Crippen molar-refractivity contribution in [3.8, 4) is 11.3 Å². The molecule has 0 bridgehead atoms. The van der Waals surface area contributed by atoms with Gasteiger partial charge in [0, 0.05) is 27.9 Å². The third kappa shape index (κ3) is 2.32. The van der Waals surface area contributed by atoms with Crippen molar-refractivity contribution >= 4 is 17.0 Å². The van der Waals surface area contributed by atoms with Gasteiger partial charge in [0.1, 0.15) is 0 Å². The minimum Gasteiger partial charge on any atom is -0.354 e. The van der Waals surface area contributed by atoms with E-state index in [1.54, 1.807) is 0 Å². The number of allylic oxidation sites excluding steroid dienone is 1.